The number of benzene rings is 3. The summed E-state index contributed by atoms with van der Waals surface area (Å²) in [5.74, 6) is -0.670. The zero-order valence-corrected chi connectivity index (χ0v) is 25.2. The quantitative estimate of drug-likeness (QED) is 0.289. The van der Waals surface area contributed by atoms with Crippen LogP contribution in [0.3, 0.4) is 0 Å². The molecule has 3 aromatic carbocycles. The van der Waals surface area contributed by atoms with Gasteiger partial charge in [-0.15, -0.1) is 0 Å². The van der Waals surface area contributed by atoms with Crippen molar-refractivity contribution in [1.29, 1.82) is 0 Å². The first kappa shape index (κ1) is 30.6. The number of carbonyl (C=O) groups is 2. The molecule has 0 bridgehead atoms. The Balaban J connectivity index is 1.68. The van der Waals surface area contributed by atoms with Crippen LogP contribution in [0.2, 0.25) is 5.02 Å². The van der Waals surface area contributed by atoms with Gasteiger partial charge in [-0.2, -0.15) is 0 Å². The molecule has 1 fully saturated rings. The third-order valence-electron chi connectivity index (χ3n) is 7.58. The lowest BCUT2D eigenvalue weighted by Gasteiger charge is -2.34. The molecule has 218 valence electrons. The van der Waals surface area contributed by atoms with Crippen LogP contribution in [0.1, 0.15) is 50.2 Å². The first-order valence-corrected chi connectivity index (χ1v) is 16.0. The minimum Gasteiger partial charge on any atom is -0.352 e. The summed E-state index contributed by atoms with van der Waals surface area (Å²) in [7, 11) is -4.16. The number of hydrogen-bond acceptors (Lipinski definition) is 4. The number of hydrogen-bond donors (Lipinski definition) is 1. The number of para-hydroxylation sites is 1. The van der Waals surface area contributed by atoms with Crippen LogP contribution in [0, 0.1) is 6.92 Å². The Hall–Kier alpha value is -3.36. The second-order valence-corrected chi connectivity index (χ2v) is 12.8. The second-order valence-electron chi connectivity index (χ2n) is 10.5. The molecule has 1 N–H and O–H groups in total. The molecule has 1 aliphatic rings. The average Bonchev–Trinajstić information content (AvgIpc) is 3.48. The van der Waals surface area contributed by atoms with Gasteiger partial charge in [0.2, 0.25) is 11.8 Å². The van der Waals surface area contributed by atoms with Crippen LogP contribution >= 0.6 is 11.6 Å². The molecule has 2 amide bonds. The molecule has 0 heterocycles. The van der Waals surface area contributed by atoms with Crippen LogP contribution in [-0.4, -0.2) is 50.3 Å². The SMILES string of the molecule is CC[C@H](C(=O)NC1CCCC1)N(CCc1ccccc1)C(=O)CN(c1ccccc1Cl)S(=O)(=O)c1ccc(C)cc1. The molecule has 0 saturated heterocycles. The number of nitrogens with one attached hydrogen (secondary N) is 1. The predicted molar refractivity (Wildman–Crippen MR) is 163 cm³/mol. The lowest BCUT2D eigenvalue weighted by molar-refractivity contribution is -0.139. The molecule has 0 aliphatic heterocycles. The van der Waals surface area contributed by atoms with E-state index in [9.17, 15) is 18.0 Å². The molecule has 9 heteroatoms. The Morgan fingerprint density at radius 1 is 0.951 bits per heavy atom. The second kappa shape index (κ2) is 14.0. The highest BCUT2D eigenvalue weighted by molar-refractivity contribution is 7.92. The van der Waals surface area contributed by atoms with Gasteiger partial charge in [-0.3, -0.25) is 13.9 Å². The Kier molecular flexibility index (Phi) is 10.5. The number of sulfonamides is 1. The topological polar surface area (TPSA) is 86.8 Å². The van der Waals surface area contributed by atoms with Crippen molar-refractivity contribution < 1.29 is 18.0 Å². The summed E-state index contributed by atoms with van der Waals surface area (Å²) in [5.41, 5.74) is 2.14. The maximum atomic E-state index is 14.1. The maximum Gasteiger partial charge on any atom is 0.264 e. The number of carbonyl (C=O) groups excluding carboxylic acids is 2. The third kappa shape index (κ3) is 7.68. The molecule has 0 radical (unpaired) electrons. The molecule has 0 spiro atoms. The number of nitrogens with zero attached hydrogens (tertiary/aromatic N) is 2. The molecular weight excluding hydrogens is 558 g/mol. The Morgan fingerprint density at radius 3 is 2.22 bits per heavy atom. The standard InChI is InChI=1S/C32H38ClN3O4S/c1-3-29(32(38)34-26-13-7-8-14-26)35(22-21-25-11-5-4-6-12-25)31(37)23-36(30-16-10-9-15-28(30)33)41(39,40)27-19-17-24(2)18-20-27/h4-6,9-12,15-20,26,29H,3,7-8,13-14,21-23H2,1-2H3,(H,34,38)/t29-/m1/s1. The van der Waals surface area contributed by atoms with Crippen LogP contribution in [-0.2, 0) is 26.0 Å². The first-order valence-electron chi connectivity index (χ1n) is 14.2. The number of aryl methyl sites for hydroxylation is 1. The fourth-order valence-electron chi connectivity index (χ4n) is 5.27. The van der Waals surface area contributed by atoms with E-state index in [1.54, 1.807) is 36.4 Å². The number of halogens is 1. The van der Waals surface area contributed by atoms with E-state index in [1.807, 2.05) is 44.2 Å². The highest BCUT2D eigenvalue weighted by Crippen LogP contribution is 2.31. The zero-order valence-electron chi connectivity index (χ0n) is 23.6. The van der Waals surface area contributed by atoms with Crippen molar-refractivity contribution in [3.05, 3.63) is 95.0 Å². The van der Waals surface area contributed by atoms with Crippen molar-refractivity contribution >= 4 is 39.1 Å². The smallest absolute Gasteiger partial charge is 0.264 e. The van der Waals surface area contributed by atoms with Gasteiger partial charge in [0.1, 0.15) is 12.6 Å². The number of anilines is 1. The van der Waals surface area contributed by atoms with Crippen LogP contribution in [0.25, 0.3) is 0 Å². The van der Waals surface area contributed by atoms with Gasteiger partial charge >= 0.3 is 0 Å². The zero-order chi connectivity index (χ0) is 29.4. The number of rotatable bonds is 12. The van der Waals surface area contributed by atoms with E-state index < -0.39 is 28.5 Å². The van der Waals surface area contributed by atoms with E-state index in [0.717, 1.165) is 41.1 Å². The normalized spacial score (nSPS) is 14.4. The van der Waals surface area contributed by atoms with E-state index in [4.69, 9.17) is 11.6 Å². The van der Waals surface area contributed by atoms with Gasteiger partial charge in [-0.05, 0) is 62.4 Å². The molecule has 0 aromatic heterocycles. The highest BCUT2D eigenvalue weighted by atomic mass is 35.5. The lowest BCUT2D eigenvalue weighted by atomic mass is 10.1. The minimum absolute atomic E-state index is 0.0534. The molecule has 1 aliphatic carbocycles. The van der Waals surface area contributed by atoms with Gasteiger partial charge in [-0.25, -0.2) is 8.42 Å². The lowest BCUT2D eigenvalue weighted by Crippen LogP contribution is -2.54. The summed E-state index contributed by atoms with van der Waals surface area (Å²) in [5, 5.41) is 3.34. The van der Waals surface area contributed by atoms with Crippen molar-refractivity contribution in [1.82, 2.24) is 10.2 Å². The third-order valence-corrected chi connectivity index (χ3v) is 9.67. The van der Waals surface area contributed by atoms with E-state index in [2.05, 4.69) is 5.32 Å². The Bertz CT molecular complexity index is 1420. The summed E-state index contributed by atoms with van der Waals surface area (Å²) in [6.45, 7) is 3.51. The van der Waals surface area contributed by atoms with Crippen molar-refractivity contribution in [3.8, 4) is 0 Å². The van der Waals surface area contributed by atoms with Crippen LogP contribution in [0.5, 0.6) is 0 Å². The largest absolute Gasteiger partial charge is 0.352 e. The minimum atomic E-state index is -4.16. The monoisotopic (exact) mass is 595 g/mol. The van der Waals surface area contributed by atoms with Gasteiger partial charge in [0, 0.05) is 12.6 Å². The van der Waals surface area contributed by atoms with Crippen molar-refractivity contribution in [3.63, 3.8) is 0 Å². The number of amides is 2. The van der Waals surface area contributed by atoms with Gasteiger partial charge in [-0.1, -0.05) is 91.5 Å². The molecule has 41 heavy (non-hydrogen) atoms. The fraction of sp³-hybridized carbons (Fsp3) is 0.375. The van der Waals surface area contributed by atoms with Gasteiger partial charge in [0.15, 0.2) is 0 Å². The first-order chi connectivity index (χ1) is 19.7. The molecule has 4 rings (SSSR count). The molecule has 7 nitrogen and oxygen atoms in total. The summed E-state index contributed by atoms with van der Waals surface area (Å²) in [6.07, 6.45) is 4.92. The molecule has 3 aromatic rings. The maximum absolute atomic E-state index is 14.1. The van der Waals surface area contributed by atoms with E-state index >= 15 is 0 Å². The Morgan fingerprint density at radius 2 is 1.59 bits per heavy atom. The summed E-state index contributed by atoms with van der Waals surface area (Å²) < 4.78 is 29.0. The van der Waals surface area contributed by atoms with E-state index in [1.165, 1.54) is 17.0 Å². The van der Waals surface area contributed by atoms with Gasteiger partial charge in [0.05, 0.1) is 15.6 Å². The molecular formula is C32H38ClN3O4S. The summed E-state index contributed by atoms with van der Waals surface area (Å²) >= 11 is 6.48. The van der Waals surface area contributed by atoms with Crippen LogP contribution in [0.4, 0.5) is 5.69 Å². The Labute approximate surface area is 248 Å². The summed E-state index contributed by atoms with van der Waals surface area (Å²) in [4.78, 5) is 29.2. The van der Waals surface area contributed by atoms with Crippen molar-refractivity contribution in [2.24, 2.45) is 0 Å². The van der Waals surface area contributed by atoms with Gasteiger partial charge in [0.25, 0.3) is 10.0 Å². The average molecular weight is 596 g/mol. The highest BCUT2D eigenvalue weighted by Gasteiger charge is 2.34. The predicted octanol–water partition coefficient (Wildman–Crippen LogP) is 5.75. The van der Waals surface area contributed by atoms with E-state index in [-0.39, 0.29) is 34.1 Å². The van der Waals surface area contributed by atoms with Gasteiger partial charge < -0.3 is 10.2 Å². The van der Waals surface area contributed by atoms with Crippen LogP contribution in [0.15, 0.2) is 83.8 Å². The fourth-order valence-corrected chi connectivity index (χ4v) is 6.99. The molecule has 0 unspecified atom stereocenters. The van der Waals surface area contributed by atoms with Crippen molar-refractivity contribution in [2.75, 3.05) is 17.4 Å². The van der Waals surface area contributed by atoms with Crippen molar-refractivity contribution in [2.45, 2.75) is 69.4 Å². The molecule has 1 atom stereocenters. The molecule has 1 saturated carbocycles. The van der Waals surface area contributed by atoms with Crippen LogP contribution < -0.4 is 9.62 Å². The summed E-state index contributed by atoms with van der Waals surface area (Å²) in [6, 6.07) is 22.1. The van der Waals surface area contributed by atoms with E-state index in [0.29, 0.717) is 12.8 Å².